The molecule has 0 amide bonds. The maximum Gasteiger partial charge on any atom is 0.320 e. The second kappa shape index (κ2) is 6.83. The summed E-state index contributed by atoms with van der Waals surface area (Å²) >= 11 is 3.19. The van der Waals surface area contributed by atoms with E-state index in [0.29, 0.717) is 6.42 Å². The van der Waals surface area contributed by atoms with Gasteiger partial charge in [0.05, 0.1) is 0 Å². The zero-order chi connectivity index (χ0) is 14.5. The fourth-order valence-electron chi connectivity index (χ4n) is 1.67. The molecule has 1 atom stereocenters. The third-order valence-electron chi connectivity index (χ3n) is 2.63. The van der Waals surface area contributed by atoms with Crippen LogP contribution >= 0.6 is 23.1 Å². The molecule has 7 heteroatoms. The average molecular weight is 309 g/mol. The number of benzene rings is 1. The number of hydrogen-bond donors (Lipinski definition) is 2. The highest BCUT2D eigenvalue weighted by molar-refractivity contribution is 8.00. The van der Waals surface area contributed by atoms with Crippen molar-refractivity contribution in [3.8, 4) is 0 Å². The smallest absolute Gasteiger partial charge is 0.320 e. The van der Waals surface area contributed by atoms with E-state index in [0.717, 1.165) is 26.2 Å². The van der Waals surface area contributed by atoms with Crippen LogP contribution in [0.3, 0.4) is 0 Å². The molecule has 0 saturated carbocycles. The summed E-state index contributed by atoms with van der Waals surface area (Å²) in [5.41, 5.74) is 7.60. The largest absolute Gasteiger partial charge is 0.480 e. The molecular weight excluding hydrogens is 294 g/mol. The summed E-state index contributed by atoms with van der Waals surface area (Å²) in [6.07, 6.45) is 0.339. The van der Waals surface area contributed by atoms with Gasteiger partial charge in [-0.05, 0) is 24.5 Å². The Morgan fingerprint density at radius 3 is 2.85 bits per heavy atom. The third-order valence-corrected chi connectivity index (χ3v) is 4.68. The number of nitrogens with two attached hydrogens (primary N) is 1. The fourth-order valence-corrected chi connectivity index (χ4v) is 3.43. The van der Waals surface area contributed by atoms with Gasteiger partial charge in [0.2, 0.25) is 0 Å². The van der Waals surface area contributed by atoms with Gasteiger partial charge in [-0.25, -0.2) is 0 Å². The molecule has 1 aromatic heterocycles. The molecule has 0 radical (unpaired) electrons. The van der Waals surface area contributed by atoms with Crippen LogP contribution in [0.25, 0.3) is 0 Å². The van der Waals surface area contributed by atoms with Crippen molar-refractivity contribution in [1.29, 1.82) is 0 Å². The molecule has 1 unspecified atom stereocenters. The molecule has 1 heterocycles. The number of nitrogens with zero attached hydrogens (tertiary/aromatic N) is 2. The topological polar surface area (TPSA) is 89.1 Å². The summed E-state index contributed by atoms with van der Waals surface area (Å²) in [4.78, 5) is 10.8. The molecular formula is C13H15N3O2S2. The molecule has 106 valence electrons. The van der Waals surface area contributed by atoms with Gasteiger partial charge in [-0.1, -0.05) is 47.4 Å². The van der Waals surface area contributed by atoms with Crippen LogP contribution in [0, 0.1) is 6.92 Å². The molecule has 2 aromatic rings. The maximum absolute atomic E-state index is 10.8. The lowest BCUT2D eigenvalue weighted by atomic mass is 10.0. The molecule has 0 aliphatic carbocycles. The number of aliphatic carboxylic acids is 1. The van der Waals surface area contributed by atoms with Crippen molar-refractivity contribution >= 4 is 29.1 Å². The van der Waals surface area contributed by atoms with Gasteiger partial charge in [-0.3, -0.25) is 4.79 Å². The molecule has 0 saturated heterocycles. The number of carboxylic acids is 1. The van der Waals surface area contributed by atoms with E-state index < -0.39 is 12.0 Å². The first-order chi connectivity index (χ1) is 9.54. The number of carbonyl (C=O) groups is 1. The van der Waals surface area contributed by atoms with Crippen LogP contribution in [0.1, 0.15) is 16.1 Å². The Morgan fingerprint density at radius 2 is 2.20 bits per heavy atom. The molecule has 3 N–H and O–H groups in total. The monoisotopic (exact) mass is 309 g/mol. The molecule has 0 aliphatic heterocycles. The van der Waals surface area contributed by atoms with E-state index in [4.69, 9.17) is 10.8 Å². The SMILES string of the molecule is Cc1nnc(SCc2cccc(CC(N)C(=O)O)c2)s1. The average Bonchev–Trinajstić information content (AvgIpc) is 2.82. The van der Waals surface area contributed by atoms with Gasteiger partial charge >= 0.3 is 5.97 Å². The lowest BCUT2D eigenvalue weighted by Crippen LogP contribution is -2.32. The van der Waals surface area contributed by atoms with Crippen LogP contribution in [-0.4, -0.2) is 27.3 Å². The summed E-state index contributed by atoms with van der Waals surface area (Å²) in [5, 5.41) is 17.8. The highest BCUT2D eigenvalue weighted by Gasteiger charge is 2.12. The summed E-state index contributed by atoms with van der Waals surface area (Å²) in [5.74, 6) is -0.195. The van der Waals surface area contributed by atoms with Crippen LogP contribution in [0.15, 0.2) is 28.6 Å². The molecule has 1 aromatic carbocycles. The van der Waals surface area contributed by atoms with E-state index >= 15 is 0 Å². The normalized spacial score (nSPS) is 12.3. The van der Waals surface area contributed by atoms with Gasteiger partial charge in [0.25, 0.3) is 0 Å². The summed E-state index contributed by atoms with van der Waals surface area (Å²) in [6.45, 7) is 1.93. The molecule has 0 fully saturated rings. The third kappa shape index (κ3) is 4.29. The predicted octanol–water partition coefficient (Wildman–Crippen LogP) is 2.09. The van der Waals surface area contributed by atoms with Gasteiger partial charge < -0.3 is 10.8 Å². The Kier molecular flexibility index (Phi) is 5.11. The molecule has 20 heavy (non-hydrogen) atoms. The van der Waals surface area contributed by atoms with E-state index in [1.165, 1.54) is 0 Å². The van der Waals surface area contributed by atoms with E-state index in [1.54, 1.807) is 23.1 Å². The minimum Gasteiger partial charge on any atom is -0.480 e. The zero-order valence-corrected chi connectivity index (χ0v) is 12.6. The number of hydrogen-bond acceptors (Lipinski definition) is 6. The van der Waals surface area contributed by atoms with E-state index in [-0.39, 0.29) is 0 Å². The van der Waals surface area contributed by atoms with E-state index in [1.807, 2.05) is 31.2 Å². The van der Waals surface area contributed by atoms with Crippen molar-refractivity contribution in [3.63, 3.8) is 0 Å². The Labute approximate surface area is 125 Å². The standard InChI is InChI=1S/C13H15N3O2S2/c1-8-15-16-13(20-8)19-7-10-4-2-3-9(5-10)6-11(14)12(17)18/h2-5,11H,6-7,14H2,1H3,(H,17,18). The van der Waals surface area contributed by atoms with Crippen molar-refractivity contribution in [1.82, 2.24) is 10.2 Å². The summed E-state index contributed by atoms with van der Waals surface area (Å²) in [7, 11) is 0. The lowest BCUT2D eigenvalue weighted by Gasteiger charge is -2.07. The highest BCUT2D eigenvalue weighted by Crippen LogP contribution is 2.25. The van der Waals surface area contributed by atoms with Crippen LogP contribution in [0.5, 0.6) is 0 Å². The summed E-state index contributed by atoms with van der Waals surface area (Å²) in [6, 6.07) is 6.96. The zero-order valence-electron chi connectivity index (χ0n) is 10.9. The molecule has 2 rings (SSSR count). The Hall–Kier alpha value is -1.44. The molecule has 0 spiro atoms. The second-order valence-corrected chi connectivity index (χ2v) is 6.75. The van der Waals surface area contributed by atoms with E-state index in [9.17, 15) is 4.79 Å². The first kappa shape index (κ1) is 15.0. The lowest BCUT2D eigenvalue weighted by molar-refractivity contribution is -0.138. The van der Waals surface area contributed by atoms with Gasteiger partial charge in [-0.2, -0.15) is 0 Å². The first-order valence-corrected chi connectivity index (χ1v) is 7.84. The second-order valence-electron chi connectivity index (χ2n) is 4.34. The molecule has 0 aliphatic rings. The van der Waals surface area contributed by atoms with Gasteiger partial charge in [-0.15, -0.1) is 10.2 Å². The highest BCUT2D eigenvalue weighted by atomic mass is 32.2. The number of aromatic nitrogens is 2. The summed E-state index contributed by atoms with van der Waals surface area (Å²) < 4.78 is 0.940. The molecule has 5 nitrogen and oxygen atoms in total. The predicted molar refractivity (Wildman–Crippen MR) is 80.0 cm³/mol. The Balaban J connectivity index is 1.97. The van der Waals surface area contributed by atoms with Gasteiger partial charge in [0, 0.05) is 5.75 Å². The van der Waals surface area contributed by atoms with E-state index in [2.05, 4.69) is 10.2 Å². The van der Waals surface area contributed by atoms with Gasteiger partial charge in [0.1, 0.15) is 11.0 Å². The molecule has 0 bridgehead atoms. The quantitative estimate of drug-likeness (QED) is 0.794. The number of carboxylic acid groups (broad SMARTS) is 1. The van der Waals surface area contributed by atoms with Crippen molar-refractivity contribution in [2.45, 2.75) is 29.5 Å². The number of thioether (sulfide) groups is 1. The van der Waals surface area contributed by atoms with Crippen LogP contribution in [0.4, 0.5) is 0 Å². The maximum atomic E-state index is 10.8. The minimum atomic E-state index is -0.978. The van der Waals surface area contributed by atoms with Crippen molar-refractivity contribution in [2.24, 2.45) is 5.73 Å². The minimum absolute atomic E-state index is 0.339. The fraction of sp³-hybridized carbons (Fsp3) is 0.308. The Morgan fingerprint density at radius 1 is 1.45 bits per heavy atom. The first-order valence-electron chi connectivity index (χ1n) is 6.03. The van der Waals surface area contributed by atoms with Crippen LogP contribution < -0.4 is 5.73 Å². The van der Waals surface area contributed by atoms with Crippen LogP contribution in [0.2, 0.25) is 0 Å². The van der Waals surface area contributed by atoms with Crippen molar-refractivity contribution in [3.05, 3.63) is 40.4 Å². The number of rotatable bonds is 6. The van der Waals surface area contributed by atoms with Crippen molar-refractivity contribution < 1.29 is 9.90 Å². The van der Waals surface area contributed by atoms with Crippen LogP contribution in [-0.2, 0) is 17.0 Å². The van der Waals surface area contributed by atoms with Crippen molar-refractivity contribution in [2.75, 3.05) is 0 Å². The number of aryl methyl sites for hydroxylation is 1. The van der Waals surface area contributed by atoms with Gasteiger partial charge in [0.15, 0.2) is 4.34 Å². The Bertz CT molecular complexity index is 601.